The van der Waals surface area contributed by atoms with Crippen LogP contribution in [0.15, 0.2) is 18.2 Å². The first-order valence-corrected chi connectivity index (χ1v) is 8.89. The molecule has 0 radical (unpaired) electrons. The molecule has 0 amide bonds. The number of rotatable bonds is 4. The van der Waals surface area contributed by atoms with Gasteiger partial charge in [0.1, 0.15) is 5.82 Å². The summed E-state index contributed by atoms with van der Waals surface area (Å²) in [5.41, 5.74) is 1.94. The molecule has 1 atom stereocenters. The van der Waals surface area contributed by atoms with Gasteiger partial charge in [-0.05, 0) is 70.4 Å². The van der Waals surface area contributed by atoms with Gasteiger partial charge in [-0.1, -0.05) is 0 Å². The van der Waals surface area contributed by atoms with Crippen LogP contribution in [0.4, 0.5) is 4.39 Å². The largest absolute Gasteiger partial charge is 0.314 e. The second kappa shape index (κ2) is 6.57. The summed E-state index contributed by atoms with van der Waals surface area (Å²) in [6.07, 6.45) is 6.27. The zero-order valence-electron chi connectivity index (χ0n) is 13.5. The van der Waals surface area contributed by atoms with E-state index in [0.29, 0.717) is 5.92 Å². The van der Waals surface area contributed by atoms with Crippen LogP contribution >= 0.6 is 0 Å². The minimum absolute atomic E-state index is 0.217. The van der Waals surface area contributed by atoms with E-state index in [1.807, 2.05) is 6.07 Å². The summed E-state index contributed by atoms with van der Waals surface area (Å²) in [5, 5.41) is 12.1. The molecule has 2 fully saturated rings. The molecule has 2 saturated heterocycles. The van der Waals surface area contributed by atoms with Gasteiger partial charge in [0, 0.05) is 29.1 Å². The van der Waals surface area contributed by atoms with Crippen molar-refractivity contribution in [3.05, 3.63) is 29.7 Å². The molecule has 2 aliphatic heterocycles. The fourth-order valence-electron chi connectivity index (χ4n) is 4.10. The van der Waals surface area contributed by atoms with Gasteiger partial charge >= 0.3 is 0 Å². The van der Waals surface area contributed by atoms with E-state index in [1.165, 1.54) is 50.2 Å². The molecule has 2 aromatic rings. The lowest BCUT2D eigenvalue weighted by atomic mass is 9.91. The molecule has 0 saturated carbocycles. The van der Waals surface area contributed by atoms with Crippen LogP contribution in [0.5, 0.6) is 0 Å². The molecule has 5 heteroatoms. The molecule has 124 valence electrons. The van der Waals surface area contributed by atoms with Gasteiger partial charge in [-0.3, -0.25) is 5.10 Å². The minimum atomic E-state index is -0.217. The Morgan fingerprint density at radius 2 is 2.09 bits per heavy atom. The molecule has 0 unspecified atom stereocenters. The first-order chi connectivity index (χ1) is 11.3. The summed E-state index contributed by atoms with van der Waals surface area (Å²) in [6, 6.07) is 5.64. The molecule has 23 heavy (non-hydrogen) atoms. The van der Waals surface area contributed by atoms with Crippen LogP contribution < -0.4 is 5.32 Å². The van der Waals surface area contributed by atoms with E-state index in [9.17, 15) is 4.39 Å². The first-order valence-electron chi connectivity index (χ1n) is 8.89. The highest BCUT2D eigenvalue weighted by Gasteiger charge is 2.24. The average molecular weight is 316 g/mol. The molecule has 0 bridgehead atoms. The third kappa shape index (κ3) is 3.26. The van der Waals surface area contributed by atoms with Crippen molar-refractivity contribution in [3.8, 4) is 0 Å². The van der Waals surface area contributed by atoms with Gasteiger partial charge in [0.25, 0.3) is 0 Å². The summed E-state index contributed by atoms with van der Waals surface area (Å²) >= 11 is 0. The SMILES string of the molecule is Fc1ccc2c(C3CCN(CC[C@@H]4CCCN4)CC3)[nH]nc2c1. The standard InChI is InChI=1S/C18H25FN4/c19-14-3-4-16-17(12-14)21-22-18(16)13-5-9-23(10-6-13)11-7-15-2-1-8-20-15/h3-4,12-13,15,20H,1-2,5-11H2,(H,21,22)/t15-/m0/s1. The third-order valence-electron chi connectivity index (χ3n) is 5.50. The van der Waals surface area contributed by atoms with Gasteiger partial charge in [-0.25, -0.2) is 4.39 Å². The smallest absolute Gasteiger partial charge is 0.125 e. The number of nitrogens with zero attached hydrogens (tertiary/aromatic N) is 2. The monoisotopic (exact) mass is 316 g/mol. The number of benzene rings is 1. The summed E-state index contributed by atoms with van der Waals surface area (Å²) in [7, 11) is 0. The maximum Gasteiger partial charge on any atom is 0.125 e. The number of fused-ring (bicyclic) bond motifs is 1. The predicted octanol–water partition coefficient (Wildman–Crippen LogP) is 3.02. The zero-order chi connectivity index (χ0) is 15.6. The minimum Gasteiger partial charge on any atom is -0.314 e. The third-order valence-corrected chi connectivity index (χ3v) is 5.50. The Bertz CT molecular complexity index is 654. The number of hydrogen-bond donors (Lipinski definition) is 2. The first kappa shape index (κ1) is 15.1. The lowest BCUT2D eigenvalue weighted by molar-refractivity contribution is 0.203. The van der Waals surface area contributed by atoms with E-state index in [0.717, 1.165) is 42.9 Å². The number of aromatic amines is 1. The van der Waals surface area contributed by atoms with Crippen molar-refractivity contribution in [2.75, 3.05) is 26.2 Å². The van der Waals surface area contributed by atoms with Crippen molar-refractivity contribution in [1.82, 2.24) is 20.4 Å². The Labute approximate surface area is 136 Å². The maximum absolute atomic E-state index is 13.3. The second-order valence-electron chi connectivity index (χ2n) is 7.00. The van der Waals surface area contributed by atoms with Crippen molar-refractivity contribution in [1.29, 1.82) is 0 Å². The molecule has 4 rings (SSSR count). The van der Waals surface area contributed by atoms with Crippen LogP contribution in [-0.2, 0) is 0 Å². The van der Waals surface area contributed by atoms with E-state index in [2.05, 4.69) is 20.4 Å². The van der Waals surface area contributed by atoms with Crippen LogP contribution in [0.3, 0.4) is 0 Å². The normalized spacial score (nSPS) is 23.8. The lowest BCUT2D eigenvalue weighted by Gasteiger charge is -2.32. The summed E-state index contributed by atoms with van der Waals surface area (Å²) in [4.78, 5) is 2.59. The Kier molecular flexibility index (Phi) is 4.31. The number of halogens is 1. The number of hydrogen-bond acceptors (Lipinski definition) is 3. The van der Waals surface area contributed by atoms with Crippen molar-refractivity contribution in [3.63, 3.8) is 0 Å². The molecular weight excluding hydrogens is 291 g/mol. The van der Waals surface area contributed by atoms with Crippen molar-refractivity contribution in [2.24, 2.45) is 0 Å². The number of likely N-dealkylation sites (tertiary alicyclic amines) is 1. The lowest BCUT2D eigenvalue weighted by Crippen LogP contribution is -2.36. The Morgan fingerprint density at radius 3 is 2.87 bits per heavy atom. The molecule has 2 aliphatic rings. The highest BCUT2D eigenvalue weighted by atomic mass is 19.1. The van der Waals surface area contributed by atoms with Gasteiger partial charge in [-0.2, -0.15) is 5.10 Å². The van der Waals surface area contributed by atoms with E-state index < -0.39 is 0 Å². The Hall–Kier alpha value is -1.46. The van der Waals surface area contributed by atoms with Gasteiger partial charge < -0.3 is 10.2 Å². The molecule has 3 heterocycles. The van der Waals surface area contributed by atoms with Gasteiger partial charge in [0.2, 0.25) is 0 Å². The van der Waals surface area contributed by atoms with E-state index in [-0.39, 0.29) is 5.82 Å². The van der Waals surface area contributed by atoms with Crippen molar-refractivity contribution in [2.45, 2.75) is 44.1 Å². The maximum atomic E-state index is 13.3. The zero-order valence-corrected chi connectivity index (χ0v) is 13.5. The molecular formula is C18H25FN4. The van der Waals surface area contributed by atoms with Crippen LogP contribution in [0.2, 0.25) is 0 Å². The van der Waals surface area contributed by atoms with E-state index >= 15 is 0 Å². The number of piperidine rings is 1. The van der Waals surface area contributed by atoms with Gasteiger partial charge in [0.05, 0.1) is 5.52 Å². The molecule has 1 aromatic carbocycles. The highest BCUT2D eigenvalue weighted by Crippen LogP contribution is 2.31. The number of H-pyrrole nitrogens is 1. The summed E-state index contributed by atoms with van der Waals surface area (Å²) in [5.74, 6) is 0.303. The Morgan fingerprint density at radius 1 is 1.22 bits per heavy atom. The van der Waals surface area contributed by atoms with E-state index in [4.69, 9.17) is 0 Å². The molecule has 1 aromatic heterocycles. The van der Waals surface area contributed by atoms with E-state index in [1.54, 1.807) is 0 Å². The summed E-state index contributed by atoms with van der Waals surface area (Å²) in [6.45, 7) is 4.71. The summed E-state index contributed by atoms with van der Waals surface area (Å²) < 4.78 is 13.3. The average Bonchev–Trinajstić information content (AvgIpc) is 3.22. The molecule has 2 N–H and O–H groups in total. The van der Waals surface area contributed by atoms with Crippen LogP contribution in [0.1, 0.15) is 43.7 Å². The van der Waals surface area contributed by atoms with Crippen LogP contribution in [-0.4, -0.2) is 47.3 Å². The van der Waals surface area contributed by atoms with Gasteiger partial charge in [-0.15, -0.1) is 0 Å². The quantitative estimate of drug-likeness (QED) is 0.911. The second-order valence-corrected chi connectivity index (χ2v) is 7.00. The predicted molar refractivity (Wildman–Crippen MR) is 90.1 cm³/mol. The molecule has 0 aliphatic carbocycles. The van der Waals surface area contributed by atoms with Crippen molar-refractivity contribution < 1.29 is 4.39 Å². The Balaban J connectivity index is 1.35. The molecule has 4 nitrogen and oxygen atoms in total. The number of aromatic nitrogens is 2. The topological polar surface area (TPSA) is 44.0 Å². The highest BCUT2D eigenvalue weighted by molar-refractivity contribution is 5.81. The molecule has 0 spiro atoms. The number of nitrogens with one attached hydrogen (secondary N) is 2. The van der Waals surface area contributed by atoms with Gasteiger partial charge in [0.15, 0.2) is 0 Å². The van der Waals surface area contributed by atoms with Crippen LogP contribution in [0.25, 0.3) is 10.9 Å². The van der Waals surface area contributed by atoms with Crippen LogP contribution in [0, 0.1) is 5.82 Å². The van der Waals surface area contributed by atoms with Crippen molar-refractivity contribution >= 4 is 10.9 Å². The fraction of sp³-hybridized carbons (Fsp3) is 0.611. The fourth-order valence-corrected chi connectivity index (χ4v) is 4.10.